The average Bonchev–Trinajstić information content (AvgIpc) is 3.34. The number of carbonyl (C=O) groups excluding carboxylic acids is 1. The lowest BCUT2D eigenvalue weighted by atomic mass is 10.1. The molecule has 0 atom stereocenters. The van der Waals surface area contributed by atoms with Gasteiger partial charge in [-0.1, -0.05) is 66.4 Å². The van der Waals surface area contributed by atoms with Gasteiger partial charge in [-0.25, -0.2) is 0 Å². The molecule has 2 aliphatic rings. The lowest BCUT2D eigenvalue weighted by molar-refractivity contribution is -0.114. The Morgan fingerprint density at radius 3 is 2.36 bits per heavy atom. The molecule has 36 heavy (non-hydrogen) atoms. The van der Waals surface area contributed by atoms with Crippen molar-refractivity contribution >= 4 is 40.4 Å². The number of thioether (sulfide) groups is 1. The first-order valence-corrected chi connectivity index (χ1v) is 12.2. The number of nitrogens with zero attached hydrogens (tertiary/aromatic N) is 2. The third kappa shape index (κ3) is 4.89. The molecule has 2 heterocycles. The highest BCUT2D eigenvalue weighted by molar-refractivity contribution is 8.17. The van der Waals surface area contributed by atoms with E-state index in [9.17, 15) is 4.79 Å². The molecule has 0 fully saturated rings. The van der Waals surface area contributed by atoms with Gasteiger partial charge in [-0.15, -0.1) is 0 Å². The number of amidine groups is 2. The van der Waals surface area contributed by atoms with E-state index in [1.54, 1.807) is 18.1 Å². The maximum Gasteiger partial charge on any atom is 0.283 e. The molecule has 0 aromatic heterocycles. The molecule has 0 spiro atoms. The monoisotopic (exact) mass is 497 g/mol. The quantitative estimate of drug-likeness (QED) is 0.329. The van der Waals surface area contributed by atoms with Crippen molar-refractivity contribution in [2.24, 2.45) is 4.99 Å². The molecule has 1 amide bonds. The first-order chi connectivity index (χ1) is 17.6. The summed E-state index contributed by atoms with van der Waals surface area (Å²) in [7, 11) is 1.60. The van der Waals surface area contributed by atoms with Crippen LogP contribution in [-0.2, 0) is 4.79 Å². The normalized spacial score (nSPS) is 15.9. The van der Waals surface area contributed by atoms with Crippen LogP contribution in [0.25, 0.3) is 11.8 Å². The zero-order valence-corrected chi connectivity index (χ0v) is 20.3. The van der Waals surface area contributed by atoms with Crippen molar-refractivity contribution in [1.29, 1.82) is 5.41 Å². The van der Waals surface area contributed by atoms with Gasteiger partial charge in [-0.3, -0.25) is 15.1 Å². The summed E-state index contributed by atoms with van der Waals surface area (Å²) in [6.07, 6.45) is 1.69. The van der Waals surface area contributed by atoms with Crippen LogP contribution in [0.3, 0.4) is 0 Å². The van der Waals surface area contributed by atoms with Gasteiger partial charge >= 0.3 is 0 Å². The Bertz CT molecular complexity index is 1380. The number of nitrogens with one attached hydrogen (secondary N) is 1. The molecule has 2 aliphatic heterocycles. The number of carbonyl (C=O) groups is 1. The minimum atomic E-state index is -0.421. The van der Waals surface area contributed by atoms with E-state index in [4.69, 9.17) is 19.6 Å². The van der Waals surface area contributed by atoms with Crippen molar-refractivity contribution in [2.75, 3.05) is 20.3 Å². The molecule has 3 aromatic rings. The third-order valence-corrected chi connectivity index (χ3v) is 6.38. The second-order valence-corrected chi connectivity index (χ2v) is 8.68. The fraction of sp³-hybridized carbons (Fsp3) is 0.107. The number of rotatable bonds is 8. The van der Waals surface area contributed by atoms with Gasteiger partial charge in [0.25, 0.3) is 5.91 Å². The minimum Gasteiger partial charge on any atom is -0.493 e. The van der Waals surface area contributed by atoms with Crippen molar-refractivity contribution in [1.82, 2.24) is 4.90 Å². The van der Waals surface area contributed by atoms with Crippen molar-refractivity contribution in [3.05, 3.63) is 101 Å². The summed E-state index contributed by atoms with van der Waals surface area (Å²) >= 11 is 1.35. The van der Waals surface area contributed by atoms with Gasteiger partial charge in [0.1, 0.15) is 24.8 Å². The zero-order valence-electron chi connectivity index (χ0n) is 19.5. The van der Waals surface area contributed by atoms with Gasteiger partial charge < -0.3 is 14.2 Å². The van der Waals surface area contributed by atoms with Gasteiger partial charge in [-0.05, 0) is 41.5 Å². The molecule has 1 N–H and O–H groups in total. The number of aliphatic imine (C=N–C) groups is 1. The van der Waals surface area contributed by atoms with E-state index in [1.807, 2.05) is 84.3 Å². The van der Waals surface area contributed by atoms with Crippen LogP contribution in [0.4, 0.5) is 0 Å². The molecule has 0 radical (unpaired) electrons. The number of hydrogen-bond donors (Lipinski definition) is 1. The first kappa shape index (κ1) is 23.4. The number of fused-ring (bicyclic) bond motifs is 1. The van der Waals surface area contributed by atoms with Gasteiger partial charge in [0, 0.05) is 5.41 Å². The summed E-state index contributed by atoms with van der Waals surface area (Å²) in [6.45, 7) is 0.726. The predicted molar refractivity (Wildman–Crippen MR) is 142 cm³/mol. The fourth-order valence-corrected chi connectivity index (χ4v) is 4.68. The molecule has 180 valence electrons. The number of amides is 1. The Labute approximate surface area is 213 Å². The smallest absolute Gasteiger partial charge is 0.283 e. The molecule has 8 heteroatoms. The Balaban J connectivity index is 1.23. The summed E-state index contributed by atoms with van der Waals surface area (Å²) in [5.74, 6) is 1.70. The lowest BCUT2D eigenvalue weighted by Gasteiger charge is -2.26. The number of para-hydroxylation sites is 2. The second-order valence-electron chi connectivity index (χ2n) is 7.85. The van der Waals surface area contributed by atoms with Crippen molar-refractivity contribution in [2.45, 2.75) is 0 Å². The van der Waals surface area contributed by atoms with Crippen LogP contribution in [0.1, 0.15) is 11.1 Å². The van der Waals surface area contributed by atoms with Gasteiger partial charge in [0.2, 0.25) is 0 Å². The van der Waals surface area contributed by atoms with E-state index in [0.717, 1.165) is 16.8 Å². The van der Waals surface area contributed by atoms with Gasteiger partial charge in [-0.2, -0.15) is 4.99 Å². The van der Waals surface area contributed by atoms with Crippen LogP contribution >= 0.6 is 11.8 Å². The summed E-state index contributed by atoms with van der Waals surface area (Å²) in [4.78, 5) is 18.6. The largest absolute Gasteiger partial charge is 0.493 e. The highest BCUT2D eigenvalue weighted by Crippen LogP contribution is 2.37. The first-order valence-electron chi connectivity index (χ1n) is 11.3. The van der Waals surface area contributed by atoms with Crippen LogP contribution in [0.5, 0.6) is 17.2 Å². The second kappa shape index (κ2) is 10.5. The van der Waals surface area contributed by atoms with E-state index < -0.39 is 5.91 Å². The highest BCUT2D eigenvalue weighted by Gasteiger charge is 2.36. The van der Waals surface area contributed by atoms with E-state index >= 15 is 0 Å². The molecular weight excluding hydrogens is 474 g/mol. The maximum absolute atomic E-state index is 12.7. The SMILES string of the molecule is COc1ccccc1OCCOc1ccc(C=C2C(=N)N3C(c4ccccc4)=CSC3=NC2=O)cc1. The van der Waals surface area contributed by atoms with E-state index in [0.29, 0.717) is 35.6 Å². The summed E-state index contributed by atoms with van der Waals surface area (Å²) < 4.78 is 16.8. The molecule has 3 aromatic carbocycles. The Morgan fingerprint density at radius 1 is 0.917 bits per heavy atom. The van der Waals surface area contributed by atoms with Crippen molar-refractivity contribution in [3.63, 3.8) is 0 Å². The van der Waals surface area contributed by atoms with Crippen LogP contribution in [0, 0.1) is 5.41 Å². The van der Waals surface area contributed by atoms with Crippen LogP contribution < -0.4 is 14.2 Å². The lowest BCUT2D eigenvalue weighted by Crippen LogP contribution is -2.38. The van der Waals surface area contributed by atoms with Crippen LogP contribution in [0.2, 0.25) is 0 Å². The minimum absolute atomic E-state index is 0.110. The fourth-order valence-electron chi connectivity index (χ4n) is 3.79. The van der Waals surface area contributed by atoms with E-state index in [-0.39, 0.29) is 11.4 Å². The Kier molecular flexibility index (Phi) is 6.86. The average molecular weight is 498 g/mol. The molecule has 0 saturated heterocycles. The third-order valence-electron chi connectivity index (χ3n) is 5.55. The van der Waals surface area contributed by atoms with E-state index in [1.165, 1.54) is 11.8 Å². The van der Waals surface area contributed by atoms with Crippen molar-refractivity contribution < 1.29 is 19.0 Å². The zero-order chi connectivity index (χ0) is 24.9. The highest BCUT2D eigenvalue weighted by atomic mass is 32.2. The number of methoxy groups -OCH3 is 1. The molecule has 5 rings (SSSR count). The summed E-state index contributed by atoms with van der Waals surface area (Å²) in [5.41, 5.74) is 2.81. The number of ether oxygens (including phenoxy) is 3. The predicted octanol–water partition coefficient (Wildman–Crippen LogP) is 5.46. The van der Waals surface area contributed by atoms with E-state index in [2.05, 4.69) is 4.99 Å². The summed E-state index contributed by atoms with van der Waals surface area (Å²) in [6, 6.07) is 24.6. The molecule has 7 nitrogen and oxygen atoms in total. The summed E-state index contributed by atoms with van der Waals surface area (Å²) in [5, 5.41) is 11.2. The van der Waals surface area contributed by atoms with Gasteiger partial charge in [0.15, 0.2) is 16.7 Å². The Morgan fingerprint density at radius 2 is 1.61 bits per heavy atom. The van der Waals surface area contributed by atoms with Crippen molar-refractivity contribution in [3.8, 4) is 17.2 Å². The molecule has 0 bridgehead atoms. The van der Waals surface area contributed by atoms with Crippen LogP contribution in [-0.4, -0.2) is 42.1 Å². The molecule has 0 unspecified atom stereocenters. The maximum atomic E-state index is 12.7. The number of benzene rings is 3. The molecule has 0 aliphatic carbocycles. The number of hydrogen-bond acceptors (Lipinski definition) is 6. The topological polar surface area (TPSA) is 84.2 Å². The molecule has 0 saturated carbocycles. The Hall–Kier alpha value is -4.30. The van der Waals surface area contributed by atoms with Crippen LogP contribution in [0.15, 0.2) is 94.8 Å². The standard InChI is InChI=1S/C28H23N3O4S/c1-33-24-9-5-6-10-25(24)35-16-15-34-21-13-11-19(12-14-21)17-22-26(29)31-23(20-7-3-2-4-8-20)18-36-28(31)30-27(22)32/h2-14,17-18,29H,15-16H2,1H3. The van der Waals surface area contributed by atoms with Gasteiger partial charge in [0.05, 0.1) is 18.4 Å². The molecular formula is C28H23N3O4S.